The fourth-order valence-corrected chi connectivity index (χ4v) is 3.81. The van der Waals surface area contributed by atoms with Crippen molar-refractivity contribution >= 4 is 29.0 Å². The minimum atomic E-state index is -0.343. The highest BCUT2D eigenvalue weighted by atomic mass is 32.2. The van der Waals surface area contributed by atoms with Crippen molar-refractivity contribution in [1.82, 2.24) is 9.88 Å². The standard InChI is InChI=1S/C21H16N2O2S/c1-14-12-16(13-18-20(24)22-21(25)26-18)19(15-8-4-2-5-9-15)23(14)17-10-6-3-7-11-17/h2-13H,1H3,(H,22,24,25). The van der Waals surface area contributed by atoms with Gasteiger partial charge in [-0.15, -0.1) is 0 Å². The van der Waals surface area contributed by atoms with Gasteiger partial charge in [0.05, 0.1) is 10.6 Å². The molecular weight excluding hydrogens is 344 g/mol. The summed E-state index contributed by atoms with van der Waals surface area (Å²) in [6.07, 6.45) is 1.79. The van der Waals surface area contributed by atoms with Gasteiger partial charge in [-0.2, -0.15) is 0 Å². The maximum Gasteiger partial charge on any atom is 0.290 e. The number of nitrogens with one attached hydrogen (secondary N) is 1. The van der Waals surface area contributed by atoms with Gasteiger partial charge in [0.15, 0.2) is 0 Å². The largest absolute Gasteiger partial charge is 0.313 e. The van der Waals surface area contributed by atoms with E-state index in [1.165, 1.54) is 0 Å². The molecule has 4 rings (SSSR count). The highest BCUT2D eigenvalue weighted by molar-refractivity contribution is 8.18. The first-order chi connectivity index (χ1) is 12.6. The number of rotatable bonds is 3. The second kappa shape index (κ2) is 6.69. The molecule has 2 heterocycles. The van der Waals surface area contributed by atoms with Gasteiger partial charge in [-0.25, -0.2) is 0 Å². The van der Waals surface area contributed by atoms with E-state index in [1.54, 1.807) is 6.08 Å². The average Bonchev–Trinajstić information content (AvgIpc) is 3.15. The molecule has 26 heavy (non-hydrogen) atoms. The van der Waals surface area contributed by atoms with Crippen LogP contribution in [0.15, 0.2) is 71.6 Å². The summed E-state index contributed by atoms with van der Waals surface area (Å²) in [4.78, 5) is 23.9. The number of thioether (sulfide) groups is 1. The van der Waals surface area contributed by atoms with Crippen LogP contribution >= 0.6 is 11.8 Å². The SMILES string of the molecule is Cc1cc(C=C2SC(=O)NC2=O)c(-c2ccccc2)n1-c1ccccc1. The number of carbonyl (C=O) groups is 2. The molecule has 1 N–H and O–H groups in total. The molecule has 1 saturated heterocycles. The van der Waals surface area contributed by atoms with Crippen LogP contribution in [0.2, 0.25) is 0 Å². The molecule has 2 aromatic carbocycles. The number of carbonyl (C=O) groups excluding carboxylic acids is 2. The first-order valence-corrected chi connectivity index (χ1v) is 9.03. The lowest BCUT2D eigenvalue weighted by Gasteiger charge is -2.13. The lowest BCUT2D eigenvalue weighted by molar-refractivity contribution is -0.115. The van der Waals surface area contributed by atoms with Crippen molar-refractivity contribution in [2.24, 2.45) is 0 Å². The lowest BCUT2D eigenvalue weighted by Crippen LogP contribution is -2.17. The van der Waals surface area contributed by atoms with Crippen LogP contribution in [0.3, 0.4) is 0 Å². The second-order valence-electron chi connectivity index (χ2n) is 5.98. The third-order valence-corrected chi connectivity index (χ3v) is 5.02. The van der Waals surface area contributed by atoms with E-state index in [4.69, 9.17) is 0 Å². The highest BCUT2D eigenvalue weighted by Crippen LogP contribution is 2.34. The number of imide groups is 1. The van der Waals surface area contributed by atoms with Crippen molar-refractivity contribution < 1.29 is 9.59 Å². The summed E-state index contributed by atoms with van der Waals surface area (Å²) in [5.74, 6) is -0.343. The normalized spacial score (nSPS) is 15.5. The van der Waals surface area contributed by atoms with Gasteiger partial charge in [-0.1, -0.05) is 48.5 Å². The van der Waals surface area contributed by atoms with Crippen LogP contribution in [0, 0.1) is 6.92 Å². The Morgan fingerprint density at radius 2 is 1.62 bits per heavy atom. The van der Waals surface area contributed by atoms with Crippen molar-refractivity contribution in [1.29, 1.82) is 0 Å². The molecule has 5 heteroatoms. The molecule has 4 nitrogen and oxygen atoms in total. The zero-order chi connectivity index (χ0) is 18.1. The third kappa shape index (κ3) is 2.97. The third-order valence-electron chi connectivity index (χ3n) is 4.20. The Morgan fingerprint density at radius 3 is 2.23 bits per heavy atom. The number of aromatic nitrogens is 1. The number of hydrogen-bond donors (Lipinski definition) is 1. The molecule has 1 aliphatic heterocycles. The number of amides is 2. The molecule has 128 valence electrons. The van der Waals surface area contributed by atoms with E-state index in [-0.39, 0.29) is 11.1 Å². The van der Waals surface area contributed by atoms with Crippen LogP contribution in [0.5, 0.6) is 0 Å². The van der Waals surface area contributed by atoms with E-state index >= 15 is 0 Å². The summed E-state index contributed by atoms with van der Waals surface area (Å²) in [7, 11) is 0. The molecule has 0 bridgehead atoms. The fourth-order valence-electron chi connectivity index (χ4n) is 3.14. The van der Waals surface area contributed by atoms with E-state index in [0.717, 1.165) is 40.0 Å². The second-order valence-corrected chi connectivity index (χ2v) is 6.99. The monoisotopic (exact) mass is 360 g/mol. The Labute approximate surface area is 155 Å². The predicted molar refractivity (Wildman–Crippen MR) is 105 cm³/mol. The molecule has 1 aromatic heterocycles. The number of aryl methyl sites for hydroxylation is 1. The highest BCUT2D eigenvalue weighted by Gasteiger charge is 2.26. The topological polar surface area (TPSA) is 51.1 Å². The van der Waals surface area contributed by atoms with Gasteiger partial charge in [0.2, 0.25) is 0 Å². The van der Waals surface area contributed by atoms with Gasteiger partial charge in [-0.05, 0) is 48.5 Å². The Hall–Kier alpha value is -3.05. The van der Waals surface area contributed by atoms with Gasteiger partial charge >= 0.3 is 0 Å². The molecule has 2 amide bonds. The number of hydrogen-bond acceptors (Lipinski definition) is 3. The van der Waals surface area contributed by atoms with E-state index in [9.17, 15) is 9.59 Å². The molecule has 3 aromatic rings. The smallest absolute Gasteiger partial charge is 0.290 e. The average molecular weight is 360 g/mol. The molecule has 0 radical (unpaired) electrons. The van der Waals surface area contributed by atoms with Crippen LogP contribution in [0.1, 0.15) is 11.3 Å². The summed E-state index contributed by atoms with van der Waals surface area (Å²) in [5, 5.41) is 1.98. The van der Waals surface area contributed by atoms with Gasteiger partial charge in [0, 0.05) is 16.9 Å². The quantitative estimate of drug-likeness (QED) is 0.684. The van der Waals surface area contributed by atoms with Crippen LogP contribution in [-0.2, 0) is 4.79 Å². The maximum absolute atomic E-state index is 12.0. The van der Waals surface area contributed by atoms with E-state index in [0.29, 0.717) is 4.91 Å². The number of benzene rings is 2. The Balaban J connectivity index is 1.94. The van der Waals surface area contributed by atoms with Crippen molar-refractivity contribution in [2.45, 2.75) is 6.92 Å². The maximum atomic E-state index is 12.0. The van der Waals surface area contributed by atoms with Gasteiger partial charge in [0.1, 0.15) is 0 Å². The van der Waals surface area contributed by atoms with E-state index in [2.05, 4.69) is 22.0 Å². The molecule has 0 saturated carbocycles. The molecule has 1 aliphatic rings. The lowest BCUT2D eigenvalue weighted by atomic mass is 10.1. The van der Waals surface area contributed by atoms with Crippen LogP contribution in [0.4, 0.5) is 4.79 Å². The minimum Gasteiger partial charge on any atom is -0.313 e. The Bertz CT molecular complexity index is 1020. The van der Waals surface area contributed by atoms with Crippen molar-refractivity contribution in [3.8, 4) is 16.9 Å². The summed E-state index contributed by atoms with van der Waals surface area (Å²) in [5.41, 5.74) is 5.05. The molecule has 0 atom stereocenters. The van der Waals surface area contributed by atoms with Crippen molar-refractivity contribution in [3.63, 3.8) is 0 Å². The summed E-state index contributed by atoms with van der Waals surface area (Å²) in [6.45, 7) is 2.04. The predicted octanol–water partition coefficient (Wildman–Crippen LogP) is 4.78. The first-order valence-electron chi connectivity index (χ1n) is 8.21. The molecular formula is C21H16N2O2S. The zero-order valence-corrected chi connectivity index (χ0v) is 14.9. The zero-order valence-electron chi connectivity index (χ0n) is 14.1. The van der Waals surface area contributed by atoms with Gasteiger partial charge in [0.25, 0.3) is 11.1 Å². The molecule has 1 fully saturated rings. The number of para-hydroxylation sites is 1. The fraction of sp³-hybridized carbons (Fsp3) is 0.0476. The first kappa shape index (κ1) is 16.4. The molecule has 0 spiro atoms. The molecule has 0 aliphatic carbocycles. The van der Waals surface area contributed by atoms with Gasteiger partial charge in [-0.3, -0.25) is 14.9 Å². The Kier molecular flexibility index (Phi) is 4.22. The minimum absolute atomic E-state index is 0.332. The summed E-state index contributed by atoms with van der Waals surface area (Å²) < 4.78 is 2.17. The van der Waals surface area contributed by atoms with Crippen molar-refractivity contribution in [3.05, 3.63) is 82.9 Å². The molecule has 0 unspecified atom stereocenters. The van der Waals surface area contributed by atoms with Crippen LogP contribution in [0.25, 0.3) is 23.0 Å². The van der Waals surface area contributed by atoms with Crippen LogP contribution < -0.4 is 5.32 Å². The summed E-state index contributed by atoms with van der Waals surface area (Å²) in [6, 6.07) is 22.2. The number of nitrogens with zero attached hydrogens (tertiary/aromatic N) is 1. The van der Waals surface area contributed by atoms with Gasteiger partial charge < -0.3 is 4.57 Å². The van der Waals surface area contributed by atoms with Crippen LogP contribution in [-0.4, -0.2) is 15.7 Å². The Morgan fingerprint density at radius 1 is 0.962 bits per heavy atom. The van der Waals surface area contributed by atoms with E-state index < -0.39 is 0 Å². The summed E-state index contributed by atoms with van der Waals surface area (Å²) >= 11 is 0.936. The van der Waals surface area contributed by atoms with Crippen molar-refractivity contribution in [2.75, 3.05) is 0 Å². The van der Waals surface area contributed by atoms with E-state index in [1.807, 2.05) is 61.5 Å².